The molecule has 2 aromatic carbocycles. The van der Waals surface area contributed by atoms with Crippen LogP contribution in [0.25, 0.3) is 22.1 Å². The van der Waals surface area contributed by atoms with Crippen LogP contribution in [0, 0.1) is 0 Å². The van der Waals surface area contributed by atoms with E-state index in [1.807, 2.05) is 0 Å². The van der Waals surface area contributed by atoms with Gasteiger partial charge in [0.1, 0.15) is 34.5 Å². The number of phenols is 1. The van der Waals surface area contributed by atoms with Gasteiger partial charge in [0.05, 0.1) is 16.8 Å². The number of phenolic OH excluding ortho intramolecular Hbond substituents is 1. The number of rotatable bonds is 10. The standard InChI is InChI=1S/C26H33O10P/c1-25(2,3)35-37(29,36-26(4,5)6)34-16-33-18-10-8-17(9-11-18)20-14-31-22-13-19(32-15-30-7)12-21(27)23(22)24(20)28/h8-14,27H,15-16H2,1-7H3. The first-order valence-corrected chi connectivity index (χ1v) is 13.0. The molecular formula is C26H33O10P. The smallest absolute Gasteiger partial charge is 0.478 e. The zero-order valence-corrected chi connectivity index (χ0v) is 22.9. The lowest BCUT2D eigenvalue weighted by molar-refractivity contribution is -0.0189. The third-order valence-corrected chi connectivity index (χ3v) is 6.51. The van der Waals surface area contributed by atoms with E-state index in [2.05, 4.69) is 0 Å². The number of phosphoric acid groups is 1. The molecule has 0 bridgehead atoms. The molecule has 0 radical (unpaired) electrons. The highest BCUT2D eigenvalue weighted by Crippen LogP contribution is 2.55. The van der Waals surface area contributed by atoms with E-state index in [0.29, 0.717) is 17.1 Å². The Morgan fingerprint density at radius 1 is 0.892 bits per heavy atom. The van der Waals surface area contributed by atoms with Gasteiger partial charge in [-0.3, -0.25) is 13.8 Å². The predicted octanol–water partition coefficient (Wildman–Crippen LogP) is 6.24. The molecule has 0 aliphatic carbocycles. The van der Waals surface area contributed by atoms with E-state index >= 15 is 0 Å². The normalized spacial score (nSPS) is 12.6. The Kier molecular flexibility index (Phi) is 8.72. The minimum atomic E-state index is -3.92. The fraction of sp³-hybridized carbons (Fsp3) is 0.423. The first-order chi connectivity index (χ1) is 17.2. The quantitative estimate of drug-likeness (QED) is 0.235. The van der Waals surface area contributed by atoms with E-state index < -0.39 is 24.5 Å². The molecule has 1 heterocycles. The molecule has 3 aromatic rings. The highest BCUT2D eigenvalue weighted by atomic mass is 31.2. The summed E-state index contributed by atoms with van der Waals surface area (Å²) in [4.78, 5) is 13.1. The van der Waals surface area contributed by atoms with Gasteiger partial charge in [-0.15, -0.1) is 0 Å². The molecule has 10 nitrogen and oxygen atoms in total. The van der Waals surface area contributed by atoms with E-state index in [0.717, 1.165) is 0 Å². The van der Waals surface area contributed by atoms with Crippen molar-refractivity contribution in [2.45, 2.75) is 52.7 Å². The fourth-order valence-electron chi connectivity index (χ4n) is 3.25. The van der Waals surface area contributed by atoms with Gasteiger partial charge in [0, 0.05) is 19.2 Å². The van der Waals surface area contributed by atoms with Gasteiger partial charge in [-0.1, -0.05) is 12.1 Å². The number of phosphoric ester groups is 1. The summed E-state index contributed by atoms with van der Waals surface area (Å²) in [6, 6.07) is 9.36. The molecular weight excluding hydrogens is 503 g/mol. The third-order valence-electron chi connectivity index (χ3n) is 4.55. The van der Waals surface area contributed by atoms with Crippen LogP contribution in [-0.2, 0) is 22.9 Å². The molecule has 0 amide bonds. The van der Waals surface area contributed by atoms with Crippen LogP contribution in [-0.4, -0.2) is 37.0 Å². The van der Waals surface area contributed by atoms with Crippen molar-refractivity contribution >= 4 is 18.8 Å². The maximum atomic E-state index is 13.1. The summed E-state index contributed by atoms with van der Waals surface area (Å²) in [6.07, 6.45) is 1.31. The van der Waals surface area contributed by atoms with Crippen LogP contribution in [0.1, 0.15) is 41.5 Å². The van der Waals surface area contributed by atoms with Gasteiger partial charge in [0.15, 0.2) is 13.6 Å². The van der Waals surface area contributed by atoms with E-state index in [1.54, 1.807) is 65.8 Å². The van der Waals surface area contributed by atoms with Crippen LogP contribution in [0.4, 0.5) is 0 Å². The lowest BCUT2D eigenvalue weighted by Crippen LogP contribution is -2.25. The summed E-state index contributed by atoms with van der Waals surface area (Å²) in [7, 11) is -2.45. The highest BCUT2D eigenvalue weighted by Gasteiger charge is 2.37. The Hall–Kier alpha value is -2.88. The van der Waals surface area contributed by atoms with E-state index in [4.69, 9.17) is 32.2 Å². The SMILES string of the molecule is COCOc1cc(O)c2c(=O)c(-c3ccc(OCOP(=O)(OC(C)(C)C)OC(C)(C)C)cc3)coc2c1. The largest absolute Gasteiger partial charge is 0.507 e. The molecule has 0 saturated heterocycles. The van der Waals surface area contributed by atoms with Crippen molar-refractivity contribution in [3.8, 4) is 28.4 Å². The molecule has 11 heteroatoms. The average Bonchev–Trinajstić information content (AvgIpc) is 2.75. The van der Waals surface area contributed by atoms with Crippen LogP contribution >= 0.6 is 7.82 Å². The van der Waals surface area contributed by atoms with Crippen molar-refractivity contribution in [2.75, 3.05) is 20.7 Å². The minimum absolute atomic E-state index is 0.0164. The second kappa shape index (κ2) is 11.2. The molecule has 37 heavy (non-hydrogen) atoms. The monoisotopic (exact) mass is 536 g/mol. The number of aromatic hydroxyl groups is 1. The molecule has 0 aliphatic rings. The summed E-state index contributed by atoms with van der Waals surface area (Å²) in [5.74, 6) is 0.433. The van der Waals surface area contributed by atoms with Gasteiger partial charge < -0.3 is 23.7 Å². The lowest BCUT2D eigenvalue weighted by Gasteiger charge is -2.30. The Balaban J connectivity index is 1.75. The minimum Gasteiger partial charge on any atom is -0.507 e. The van der Waals surface area contributed by atoms with Crippen LogP contribution < -0.4 is 14.9 Å². The number of hydrogen-bond acceptors (Lipinski definition) is 10. The lowest BCUT2D eigenvalue weighted by atomic mass is 10.0. The summed E-state index contributed by atoms with van der Waals surface area (Å²) in [5.41, 5.74) is -0.976. The Morgan fingerprint density at radius 2 is 1.49 bits per heavy atom. The fourth-order valence-corrected chi connectivity index (χ4v) is 4.92. The zero-order valence-electron chi connectivity index (χ0n) is 22.0. The van der Waals surface area contributed by atoms with Crippen LogP contribution in [0.5, 0.6) is 17.2 Å². The van der Waals surface area contributed by atoms with Crippen LogP contribution in [0.3, 0.4) is 0 Å². The van der Waals surface area contributed by atoms with Crippen molar-refractivity contribution in [1.82, 2.24) is 0 Å². The highest BCUT2D eigenvalue weighted by molar-refractivity contribution is 7.48. The number of ether oxygens (including phenoxy) is 3. The summed E-state index contributed by atoms with van der Waals surface area (Å²) < 4.78 is 50.9. The van der Waals surface area contributed by atoms with Gasteiger partial charge in [0.25, 0.3) is 0 Å². The molecule has 3 rings (SSSR count). The van der Waals surface area contributed by atoms with E-state index in [9.17, 15) is 14.5 Å². The molecule has 202 valence electrons. The Morgan fingerprint density at radius 3 is 2.05 bits per heavy atom. The average molecular weight is 537 g/mol. The molecule has 1 aromatic heterocycles. The number of methoxy groups -OCH3 is 1. The summed E-state index contributed by atoms with van der Waals surface area (Å²) >= 11 is 0. The van der Waals surface area contributed by atoms with Gasteiger partial charge in [-0.2, -0.15) is 0 Å². The molecule has 0 atom stereocenters. The van der Waals surface area contributed by atoms with E-state index in [-0.39, 0.29) is 35.9 Å². The van der Waals surface area contributed by atoms with Crippen molar-refractivity contribution in [3.63, 3.8) is 0 Å². The molecule has 0 spiro atoms. The number of hydrogen-bond donors (Lipinski definition) is 1. The number of benzene rings is 2. The first kappa shape index (κ1) is 28.7. The molecule has 1 N–H and O–H groups in total. The first-order valence-electron chi connectivity index (χ1n) is 11.5. The van der Waals surface area contributed by atoms with Crippen molar-refractivity contribution in [1.29, 1.82) is 0 Å². The maximum absolute atomic E-state index is 13.1. The maximum Gasteiger partial charge on any atom is 0.478 e. The Bertz CT molecular complexity index is 1300. The Labute approximate surface area is 215 Å². The van der Waals surface area contributed by atoms with E-state index in [1.165, 1.54) is 25.5 Å². The molecule has 0 unspecified atom stereocenters. The van der Waals surface area contributed by atoms with Gasteiger partial charge in [-0.05, 0) is 59.2 Å². The summed E-state index contributed by atoms with van der Waals surface area (Å²) in [6.45, 7) is 10.0. The van der Waals surface area contributed by atoms with Gasteiger partial charge in [0.2, 0.25) is 5.43 Å². The van der Waals surface area contributed by atoms with Gasteiger partial charge in [-0.25, -0.2) is 9.09 Å². The summed E-state index contributed by atoms with van der Waals surface area (Å²) in [5, 5.41) is 10.4. The molecule has 0 fully saturated rings. The molecule has 0 aliphatic heterocycles. The van der Waals surface area contributed by atoms with Crippen LogP contribution in [0.15, 0.2) is 51.9 Å². The predicted molar refractivity (Wildman–Crippen MR) is 138 cm³/mol. The molecule has 0 saturated carbocycles. The van der Waals surface area contributed by atoms with Crippen molar-refractivity contribution in [3.05, 3.63) is 52.9 Å². The van der Waals surface area contributed by atoms with Crippen molar-refractivity contribution < 1.29 is 41.9 Å². The van der Waals surface area contributed by atoms with Crippen LogP contribution in [0.2, 0.25) is 0 Å². The topological polar surface area (TPSA) is 123 Å². The number of fused-ring (bicyclic) bond motifs is 1. The third kappa shape index (κ3) is 8.05. The zero-order chi connectivity index (χ0) is 27.4. The second-order valence-electron chi connectivity index (χ2n) is 10.1. The van der Waals surface area contributed by atoms with Gasteiger partial charge >= 0.3 is 7.82 Å². The van der Waals surface area contributed by atoms with Crippen molar-refractivity contribution in [2.24, 2.45) is 0 Å². The second-order valence-corrected chi connectivity index (χ2v) is 11.6.